The molecular formula is C58H38N8. The first-order chi connectivity index (χ1) is 32.7. The Balaban J connectivity index is 1.04. The van der Waals surface area contributed by atoms with Gasteiger partial charge in [0.1, 0.15) is 0 Å². The summed E-state index contributed by atoms with van der Waals surface area (Å²) in [5.41, 5.74) is 13.7. The summed E-state index contributed by atoms with van der Waals surface area (Å²) in [5, 5.41) is 0. The summed E-state index contributed by atoms with van der Waals surface area (Å²) in [6, 6.07) is 69.9. The summed E-state index contributed by atoms with van der Waals surface area (Å²) in [4.78, 5) is 38.9. The average molecular weight is 847 g/mol. The van der Waals surface area contributed by atoms with Crippen molar-refractivity contribution in [1.82, 2.24) is 39.9 Å². The molecule has 11 rings (SSSR count). The van der Waals surface area contributed by atoms with E-state index < -0.39 is 0 Å². The lowest BCUT2D eigenvalue weighted by atomic mass is 9.88. The number of hydrogen-bond donors (Lipinski definition) is 0. The minimum atomic E-state index is 0.580. The molecule has 0 spiro atoms. The zero-order valence-corrected chi connectivity index (χ0v) is 35.5. The van der Waals surface area contributed by atoms with Gasteiger partial charge in [-0.15, -0.1) is 0 Å². The molecule has 7 aromatic carbocycles. The fourth-order valence-electron chi connectivity index (χ4n) is 8.12. The van der Waals surface area contributed by atoms with Crippen molar-refractivity contribution in [3.8, 4) is 113 Å². The topological polar surface area (TPSA) is 103 Å². The first kappa shape index (κ1) is 39.7. The minimum Gasteiger partial charge on any atom is -0.265 e. The van der Waals surface area contributed by atoms with Crippen molar-refractivity contribution in [3.63, 3.8) is 0 Å². The molecule has 11 aromatic rings. The van der Waals surface area contributed by atoms with Gasteiger partial charge >= 0.3 is 0 Å². The summed E-state index contributed by atoms with van der Waals surface area (Å²) in [5.74, 6) is 3.57. The van der Waals surface area contributed by atoms with E-state index in [1.807, 2.05) is 146 Å². The van der Waals surface area contributed by atoms with E-state index in [-0.39, 0.29) is 0 Å². The average Bonchev–Trinajstić information content (AvgIpc) is 3.42. The van der Waals surface area contributed by atoms with Crippen LogP contribution in [0.25, 0.3) is 113 Å². The van der Waals surface area contributed by atoms with Gasteiger partial charge in [-0.2, -0.15) is 0 Å². The van der Waals surface area contributed by atoms with Gasteiger partial charge in [-0.05, 0) is 80.9 Å². The summed E-state index contributed by atoms with van der Waals surface area (Å²) < 4.78 is 0. The van der Waals surface area contributed by atoms with Crippen LogP contribution in [0.15, 0.2) is 231 Å². The Bertz CT molecular complexity index is 3380. The van der Waals surface area contributed by atoms with Gasteiger partial charge in [0, 0.05) is 58.2 Å². The Hall–Kier alpha value is -9.14. The molecule has 0 saturated heterocycles. The molecule has 0 unspecified atom stereocenters. The van der Waals surface area contributed by atoms with Crippen LogP contribution >= 0.6 is 0 Å². The molecule has 0 bridgehead atoms. The van der Waals surface area contributed by atoms with E-state index in [2.05, 4.69) is 82.8 Å². The predicted molar refractivity (Wildman–Crippen MR) is 263 cm³/mol. The molecule has 0 radical (unpaired) electrons. The summed E-state index contributed by atoms with van der Waals surface area (Å²) in [6.07, 6.45) is 7.25. The van der Waals surface area contributed by atoms with E-state index in [1.54, 1.807) is 12.4 Å². The first-order valence-corrected chi connectivity index (χ1v) is 21.6. The van der Waals surface area contributed by atoms with Gasteiger partial charge in [-0.25, -0.2) is 29.9 Å². The van der Waals surface area contributed by atoms with Gasteiger partial charge < -0.3 is 0 Å². The molecular weight excluding hydrogens is 809 g/mol. The highest BCUT2D eigenvalue weighted by Crippen LogP contribution is 2.41. The standard InChI is InChI=1S/C58H38N8/c1-4-13-42(14-5-1)53-61-56(64-57(63-53)48-20-12-19-46(37-48)39-29-33-59-34-30-39)45-25-23-41(24-26-45)49-28-27-47(40-31-35-60-36-32-40)38-52(49)50-21-10-11-22-51(50)58-65-54(43-15-6-2-7-16-43)62-55(66-58)44-17-8-3-9-18-44/h1-38H. The van der Waals surface area contributed by atoms with E-state index in [9.17, 15) is 0 Å². The van der Waals surface area contributed by atoms with Gasteiger partial charge in [-0.3, -0.25) is 9.97 Å². The zero-order valence-electron chi connectivity index (χ0n) is 35.5. The second-order valence-electron chi connectivity index (χ2n) is 15.6. The van der Waals surface area contributed by atoms with E-state index >= 15 is 0 Å². The Morgan fingerprint density at radius 3 is 1.06 bits per heavy atom. The SMILES string of the molecule is c1ccc(-c2nc(-c3ccc(-c4ccc(-c5ccncc5)cc4-c4ccccc4-c4nc(-c5ccccc5)nc(-c5ccccc5)n4)cc3)nc(-c3cccc(-c4ccncc4)c3)n2)cc1. The van der Waals surface area contributed by atoms with Crippen LogP contribution < -0.4 is 0 Å². The largest absolute Gasteiger partial charge is 0.265 e. The Kier molecular flexibility index (Phi) is 10.8. The molecule has 8 nitrogen and oxygen atoms in total. The Morgan fingerprint density at radius 2 is 0.545 bits per heavy atom. The maximum Gasteiger partial charge on any atom is 0.164 e. The van der Waals surface area contributed by atoms with Gasteiger partial charge in [0.15, 0.2) is 34.9 Å². The lowest BCUT2D eigenvalue weighted by molar-refractivity contribution is 1.07. The number of nitrogens with zero attached hydrogens (tertiary/aromatic N) is 8. The van der Waals surface area contributed by atoms with E-state index in [0.29, 0.717) is 34.9 Å². The molecule has 0 atom stereocenters. The van der Waals surface area contributed by atoms with Crippen LogP contribution in [0.3, 0.4) is 0 Å². The van der Waals surface area contributed by atoms with Gasteiger partial charge in [-0.1, -0.05) is 170 Å². The van der Waals surface area contributed by atoms with Crippen molar-refractivity contribution < 1.29 is 0 Å². The minimum absolute atomic E-state index is 0.580. The van der Waals surface area contributed by atoms with Crippen LogP contribution in [-0.2, 0) is 0 Å². The van der Waals surface area contributed by atoms with Crippen molar-refractivity contribution in [1.29, 1.82) is 0 Å². The highest BCUT2D eigenvalue weighted by molar-refractivity contribution is 5.93. The second-order valence-corrected chi connectivity index (χ2v) is 15.6. The van der Waals surface area contributed by atoms with Crippen molar-refractivity contribution >= 4 is 0 Å². The van der Waals surface area contributed by atoms with Crippen molar-refractivity contribution in [2.45, 2.75) is 0 Å². The van der Waals surface area contributed by atoms with Gasteiger partial charge in [0.2, 0.25) is 0 Å². The molecule has 0 amide bonds. The third-order valence-corrected chi connectivity index (χ3v) is 11.4. The molecule has 310 valence electrons. The number of aromatic nitrogens is 8. The maximum atomic E-state index is 5.14. The van der Waals surface area contributed by atoms with Crippen LogP contribution in [0.5, 0.6) is 0 Å². The Morgan fingerprint density at radius 1 is 0.182 bits per heavy atom. The number of pyridine rings is 2. The van der Waals surface area contributed by atoms with Crippen LogP contribution in [-0.4, -0.2) is 39.9 Å². The van der Waals surface area contributed by atoms with Crippen LogP contribution in [0, 0.1) is 0 Å². The molecule has 0 aliphatic heterocycles. The fraction of sp³-hybridized carbons (Fsp3) is 0. The van der Waals surface area contributed by atoms with E-state index in [4.69, 9.17) is 29.9 Å². The summed E-state index contributed by atoms with van der Waals surface area (Å²) >= 11 is 0. The van der Waals surface area contributed by atoms with Crippen molar-refractivity contribution in [2.24, 2.45) is 0 Å². The van der Waals surface area contributed by atoms with E-state index in [1.165, 1.54) is 0 Å². The lowest BCUT2D eigenvalue weighted by Gasteiger charge is -2.17. The molecule has 66 heavy (non-hydrogen) atoms. The second kappa shape index (κ2) is 17.9. The molecule has 0 saturated carbocycles. The molecule has 0 aliphatic rings. The monoisotopic (exact) mass is 846 g/mol. The summed E-state index contributed by atoms with van der Waals surface area (Å²) in [6.45, 7) is 0. The highest BCUT2D eigenvalue weighted by Gasteiger charge is 2.20. The lowest BCUT2D eigenvalue weighted by Crippen LogP contribution is -2.01. The number of hydrogen-bond acceptors (Lipinski definition) is 8. The molecule has 8 heteroatoms. The fourth-order valence-corrected chi connectivity index (χ4v) is 8.12. The van der Waals surface area contributed by atoms with Gasteiger partial charge in [0.05, 0.1) is 0 Å². The van der Waals surface area contributed by atoms with Gasteiger partial charge in [0.25, 0.3) is 0 Å². The molecule has 4 heterocycles. The van der Waals surface area contributed by atoms with Crippen molar-refractivity contribution in [2.75, 3.05) is 0 Å². The predicted octanol–water partition coefficient (Wildman–Crippen LogP) is 13.5. The molecule has 0 aliphatic carbocycles. The van der Waals surface area contributed by atoms with Crippen LogP contribution in [0.2, 0.25) is 0 Å². The maximum absolute atomic E-state index is 5.14. The highest BCUT2D eigenvalue weighted by atomic mass is 15.0. The third-order valence-electron chi connectivity index (χ3n) is 11.4. The summed E-state index contributed by atoms with van der Waals surface area (Å²) in [7, 11) is 0. The van der Waals surface area contributed by atoms with E-state index in [0.717, 1.165) is 77.9 Å². The Labute approximate surface area is 382 Å². The van der Waals surface area contributed by atoms with Crippen molar-refractivity contribution in [3.05, 3.63) is 231 Å². The third kappa shape index (κ3) is 8.25. The normalized spacial score (nSPS) is 11.0. The van der Waals surface area contributed by atoms with Crippen LogP contribution in [0.4, 0.5) is 0 Å². The van der Waals surface area contributed by atoms with Crippen LogP contribution in [0.1, 0.15) is 0 Å². The number of benzene rings is 7. The molecule has 0 N–H and O–H groups in total. The number of rotatable bonds is 10. The molecule has 4 aromatic heterocycles. The molecule has 0 fully saturated rings. The smallest absolute Gasteiger partial charge is 0.164 e. The quantitative estimate of drug-likeness (QED) is 0.134. The first-order valence-electron chi connectivity index (χ1n) is 21.6. The zero-order chi connectivity index (χ0) is 44.1.